The van der Waals surface area contributed by atoms with Crippen molar-refractivity contribution < 1.29 is 22.4 Å². The second-order valence-electron chi connectivity index (χ2n) is 6.15. The van der Waals surface area contributed by atoms with E-state index < -0.39 is 21.2 Å². The number of aromatic nitrogens is 2. The normalized spacial score (nSPS) is 16.8. The number of carbonyl (C=O) groups is 1. The van der Waals surface area contributed by atoms with Gasteiger partial charge in [0.05, 0.1) is 12.0 Å². The molecular formula is C17H21N3O5S2. The molecule has 1 unspecified atom stereocenters. The second kappa shape index (κ2) is 8.41. The van der Waals surface area contributed by atoms with E-state index in [4.69, 9.17) is 4.42 Å². The zero-order valence-corrected chi connectivity index (χ0v) is 16.8. The van der Waals surface area contributed by atoms with Crippen LogP contribution in [0.1, 0.15) is 26.2 Å². The average Bonchev–Trinajstić information content (AvgIpc) is 3.16. The van der Waals surface area contributed by atoms with Gasteiger partial charge in [0.2, 0.25) is 15.9 Å². The van der Waals surface area contributed by atoms with Gasteiger partial charge in [-0.3, -0.25) is 4.79 Å². The molecule has 1 saturated heterocycles. The highest BCUT2D eigenvalue weighted by atomic mass is 32.2. The number of benzene rings is 1. The van der Waals surface area contributed by atoms with Gasteiger partial charge in [-0.25, -0.2) is 8.42 Å². The molecular weight excluding hydrogens is 390 g/mol. The zero-order valence-electron chi connectivity index (χ0n) is 15.1. The molecule has 0 radical (unpaired) electrons. The predicted molar refractivity (Wildman–Crippen MR) is 99.7 cm³/mol. The summed E-state index contributed by atoms with van der Waals surface area (Å²) in [6, 6.07) is 6.47. The lowest BCUT2D eigenvalue weighted by molar-refractivity contribution is -0.139. The molecule has 0 saturated carbocycles. The van der Waals surface area contributed by atoms with Crippen LogP contribution >= 0.6 is 11.8 Å². The lowest BCUT2D eigenvalue weighted by Gasteiger charge is -2.25. The fraction of sp³-hybridized carbons (Fsp3) is 0.471. The standard InChI is InChI=1S/C17H21N3O5S2/c1-12(16(21)24-2)26-17-19-18-15(25-17)13-7-6-8-14(11-13)27(22,23)20-9-4-3-5-10-20/h6-8,11-12H,3-5,9-10H2,1-2H3. The van der Waals surface area contributed by atoms with Crippen LogP contribution in [0, 0.1) is 0 Å². The topological polar surface area (TPSA) is 103 Å². The molecule has 2 aromatic rings. The Morgan fingerprint density at radius 1 is 1.26 bits per heavy atom. The first kappa shape index (κ1) is 19.8. The van der Waals surface area contributed by atoms with E-state index in [-0.39, 0.29) is 16.0 Å². The average molecular weight is 412 g/mol. The van der Waals surface area contributed by atoms with Crippen LogP contribution in [-0.4, -0.2) is 54.3 Å². The molecule has 0 aliphatic carbocycles. The van der Waals surface area contributed by atoms with Crippen molar-refractivity contribution in [2.45, 2.75) is 41.6 Å². The lowest BCUT2D eigenvalue weighted by atomic mass is 10.2. The predicted octanol–water partition coefficient (Wildman–Crippen LogP) is 2.56. The maximum absolute atomic E-state index is 12.8. The Bertz CT molecular complexity index is 907. The van der Waals surface area contributed by atoms with Crippen LogP contribution in [0.5, 0.6) is 0 Å². The third kappa shape index (κ3) is 4.50. The van der Waals surface area contributed by atoms with Crippen LogP contribution in [0.15, 0.2) is 38.8 Å². The van der Waals surface area contributed by atoms with E-state index in [9.17, 15) is 13.2 Å². The Labute approximate surface area is 162 Å². The summed E-state index contributed by atoms with van der Waals surface area (Å²) >= 11 is 1.08. The molecule has 0 amide bonds. The molecule has 2 heterocycles. The molecule has 1 aliphatic rings. The van der Waals surface area contributed by atoms with Crippen molar-refractivity contribution in [3.8, 4) is 11.5 Å². The lowest BCUT2D eigenvalue weighted by Crippen LogP contribution is -2.35. The SMILES string of the molecule is COC(=O)C(C)Sc1nnc(-c2cccc(S(=O)(=O)N3CCCCC3)c2)o1. The molecule has 1 aromatic carbocycles. The van der Waals surface area contributed by atoms with E-state index in [1.165, 1.54) is 17.5 Å². The number of carbonyl (C=O) groups excluding carboxylic acids is 1. The molecule has 1 aliphatic heterocycles. The molecule has 1 fully saturated rings. The van der Waals surface area contributed by atoms with Gasteiger partial charge in [0.25, 0.3) is 5.22 Å². The number of hydrogen-bond acceptors (Lipinski definition) is 8. The smallest absolute Gasteiger partial charge is 0.319 e. The minimum atomic E-state index is -3.54. The van der Waals surface area contributed by atoms with Crippen molar-refractivity contribution in [1.29, 1.82) is 0 Å². The van der Waals surface area contributed by atoms with Gasteiger partial charge in [-0.15, -0.1) is 10.2 Å². The Kier molecular flexibility index (Phi) is 6.18. The van der Waals surface area contributed by atoms with Crippen LogP contribution in [0.4, 0.5) is 0 Å². The van der Waals surface area contributed by atoms with Crippen LogP contribution in [0.25, 0.3) is 11.5 Å². The van der Waals surface area contributed by atoms with Crippen molar-refractivity contribution in [1.82, 2.24) is 14.5 Å². The summed E-state index contributed by atoms with van der Waals surface area (Å²) in [4.78, 5) is 11.7. The molecule has 0 spiro atoms. The van der Waals surface area contributed by atoms with Crippen LogP contribution in [0.3, 0.4) is 0 Å². The Morgan fingerprint density at radius 2 is 2.00 bits per heavy atom. The largest absolute Gasteiger partial charge is 0.468 e. The fourth-order valence-electron chi connectivity index (χ4n) is 2.78. The highest BCUT2D eigenvalue weighted by Gasteiger charge is 2.26. The van der Waals surface area contributed by atoms with Crippen molar-refractivity contribution in [3.63, 3.8) is 0 Å². The van der Waals surface area contributed by atoms with Gasteiger partial charge in [0.1, 0.15) is 5.25 Å². The molecule has 27 heavy (non-hydrogen) atoms. The summed E-state index contributed by atoms with van der Waals surface area (Å²) in [5.74, 6) is -0.195. The maximum Gasteiger partial charge on any atom is 0.319 e. The number of piperidine rings is 1. The van der Waals surface area contributed by atoms with E-state index in [2.05, 4.69) is 14.9 Å². The summed E-state index contributed by atoms with van der Waals surface area (Å²) in [7, 11) is -2.23. The van der Waals surface area contributed by atoms with E-state index >= 15 is 0 Å². The van der Waals surface area contributed by atoms with Gasteiger partial charge in [-0.05, 0) is 38.0 Å². The number of hydrogen-bond donors (Lipinski definition) is 0. The van der Waals surface area contributed by atoms with Crippen LogP contribution in [0.2, 0.25) is 0 Å². The van der Waals surface area contributed by atoms with Crippen molar-refractivity contribution >= 4 is 27.8 Å². The summed E-state index contributed by atoms with van der Waals surface area (Å²) in [6.45, 7) is 2.75. The Hall–Kier alpha value is -1.91. The molecule has 8 nitrogen and oxygen atoms in total. The molecule has 1 atom stereocenters. The van der Waals surface area contributed by atoms with Crippen LogP contribution < -0.4 is 0 Å². The number of nitrogens with zero attached hydrogens (tertiary/aromatic N) is 3. The van der Waals surface area contributed by atoms with Gasteiger partial charge in [0.15, 0.2) is 0 Å². The first-order valence-corrected chi connectivity index (χ1v) is 10.9. The highest BCUT2D eigenvalue weighted by molar-refractivity contribution is 8.00. The minimum absolute atomic E-state index is 0.199. The molecule has 10 heteroatoms. The quantitative estimate of drug-likeness (QED) is 0.528. The van der Waals surface area contributed by atoms with E-state index in [1.807, 2.05) is 0 Å². The number of thioether (sulfide) groups is 1. The number of ether oxygens (including phenoxy) is 1. The number of esters is 1. The third-order valence-electron chi connectivity index (χ3n) is 4.25. The summed E-state index contributed by atoms with van der Waals surface area (Å²) in [5, 5.41) is 7.60. The molecule has 0 N–H and O–H groups in total. The first-order chi connectivity index (χ1) is 12.9. The Morgan fingerprint density at radius 3 is 2.70 bits per heavy atom. The van der Waals surface area contributed by atoms with Crippen molar-refractivity contribution in [2.24, 2.45) is 0 Å². The zero-order chi connectivity index (χ0) is 19.4. The monoisotopic (exact) mass is 411 g/mol. The van der Waals surface area contributed by atoms with E-state index in [0.29, 0.717) is 18.7 Å². The van der Waals surface area contributed by atoms with Gasteiger partial charge in [0, 0.05) is 18.7 Å². The van der Waals surface area contributed by atoms with Gasteiger partial charge in [-0.1, -0.05) is 24.2 Å². The third-order valence-corrected chi connectivity index (χ3v) is 7.06. The molecule has 0 bridgehead atoms. The van der Waals surface area contributed by atoms with Crippen molar-refractivity contribution in [2.75, 3.05) is 20.2 Å². The van der Waals surface area contributed by atoms with Gasteiger partial charge in [-0.2, -0.15) is 4.31 Å². The van der Waals surface area contributed by atoms with E-state index in [0.717, 1.165) is 31.0 Å². The number of rotatable bonds is 6. The Balaban J connectivity index is 1.81. The van der Waals surface area contributed by atoms with Crippen molar-refractivity contribution in [3.05, 3.63) is 24.3 Å². The van der Waals surface area contributed by atoms with Gasteiger partial charge >= 0.3 is 5.97 Å². The molecule has 3 rings (SSSR count). The summed E-state index contributed by atoms with van der Waals surface area (Å²) < 4.78 is 37.4. The second-order valence-corrected chi connectivity index (χ2v) is 9.38. The highest BCUT2D eigenvalue weighted by Crippen LogP contribution is 2.29. The summed E-state index contributed by atoms with van der Waals surface area (Å²) in [6.07, 6.45) is 2.81. The first-order valence-electron chi connectivity index (χ1n) is 8.60. The number of sulfonamides is 1. The fourth-order valence-corrected chi connectivity index (χ4v) is 5.06. The minimum Gasteiger partial charge on any atom is -0.468 e. The number of methoxy groups -OCH3 is 1. The van der Waals surface area contributed by atoms with Crippen LogP contribution in [-0.2, 0) is 19.6 Å². The summed E-state index contributed by atoms with van der Waals surface area (Å²) in [5.41, 5.74) is 0.512. The molecule has 1 aromatic heterocycles. The van der Waals surface area contributed by atoms with Gasteiger partial charge < -0.3 is 9.15 Å². The molecule has 146 valence electrons. The maximum atomic E-state index is 12.8. The van der Waals surface area contributed by atoms with E-state index in [1.54, 1.807) is 25.1 Å².